The van der Waals surface area contributed by atoms with Crippen LogP contribution in [-0.4, -0.2) is 35.1 Å². The van der Waals surface area contributed by atoms with E-state index in [-0.39, 0.29) is 10.6 Å². The smallest absolute Gasteiger partial charge is 0.416 e. The van der Waals surface area contributed by atoms with Crippen LogP contribution in [0.1, 0.15) is 18.1 Å². The molecule has 1 N–H and O–H groups in total. The van der Waals surface area contributed by atoms with Crippen LogP contribution >= 0.6 is 56.9 Å². The third kappa shape index (κ3) is 6.41. The Morgan fingerprint density at radius 3 is 2.45 bits per heavy atom. The third-order valence-electron chi connectivity index (χ3n) is 4.26. The van der Waals surface area contributed by atoms with Crippen LogP contribution in [-0.2, 0) is 15.8 Å². The second-order valence-electron chi connectivity index (χ2n) is 6.64. The minimum atomic E-state index is -4.56. The van der Waals surface area contributed by atoms with Crippen molar-refractivity contribution in [3.8, 4) is 5.75 Å². The first-order chi connectivity index (χ1) is 15.5. The van der Waals surface area contributed by atoms with Gasteiger partial charge in [0.15, 0.2) is 0 Å². The maximum Gasteiger partial charge on any atom is 0.416 e. The fourth-order valence-electron chi connectivity index (χ4n) is 2.85. The minimum absolute atomic E-state index is 0.0872. The number of nitrogens with zero attached hydrogens (tertiary/aromatic N) is 1. The summed E-state index contributed by atoms with van der Waals surface area (Å²) in [4.78, 5) is 38.2. The molecular weight excluding hydrogens is 687 g/mol. The van der Waals surface area contributed by atoms with E-state index in [0.717, 1.165) is 36.0 Å². The van der Waals surface area contributed by atoms with Crippen LogP contribution in [0.25, 0.3) is 6.08 Å². The summed E-state index contributed by atoms with van der Waals surface area (Å²) in [6.07, 6.45) is -3.01. The molecule has 0 spiro atoms. The second-order valence-corrected chi connectivity index (χ2v) is 9.96. The normalized spacial score (nSPS) is 15.3. The molecule has 6 nitrogen and oxygen atoms in total. The number of hydrogen-bond donors (Lipinski definition) is 1. The first kappa shape index (κ1) is 25.8. The number of nitrogens with one attached hydrogen (secondary N) is 1. The molecule has 0 bridgehead atoms. The van der Waals surface area contributed by atoms with Crippen LogP contribution in [0.5, 0.6) is 5.75 Å². The second kappa shape index (κ2) is 10.6. The molecule has 0 aliphatic carbocycles. The van der Waals surface area contributed by atoms with Gasteiger partial charge in [0, 0.05) is 5.69 Å². The summed E-state index contributed by atoms with van der Waals surface area (Å²) >= 11 is 4.92. The van der Waals surface area contributed by atoms with Crippen molar-refractivity contribution in [1.29, 1.82) is 0 Å². The number of amides is 3. The van der Waals surface area contributed by atoms with Gasteiger partial charge in [0.25, 0.3) is 11.1 Å². The van der Waals surface area contributed by atoms with Crippen molar-refractivity contribution in [2.24, 2.45) is 0 Å². The Labute approximate surface area is 218 Å². The van der Waals surface area contributed by atoms with E-state index in [1.165, 1.54) is 6.07 Å². The molecule has 1 saturated heterocycles. The summed E-state index contributed by atoms with van der Waals surface area (Å²) in [6.45, 7) is 1.77. The fraction of sp³-hybridized carbons (Fsp3) is 0.190. The molecule has 1 fully saturated rings. The summed E-state index contributed by atoms with van der Waals surface area (Å²) in [7, 11) is 0. The molecular formula is C21H15F3I2N2O4S. The van der Waals surface area contributed by atoms with Crippen molar-refractivity contribution in [3.63, 3.8) is 0 Å². The first-order valence-corrected chi connectivity index (χ1v) is 12.3. The van der Waals surface area contributed by atoms with Gasteiger partial charge in [-0.1, -0.05) is 6.07 Å². The number of anilines is 1. The predicted octanol–water partition coefficient (Wildman–Crippen LogP) is 5.99. The summed E-state index contributed by atoms with van der Waals surface area (Å²) in [5.41, 5.74) is -0.323. The van der Waals surface area contributed by atoms with Crippen molar-refractivity contribution in [1.82, 2.24) is 4.90 Å². The fourth-order valence-corrected chi connectivity index (χ4v) is 5.82. The van der Waals surface area contributed by atoms with Gasteiger partial charge in [-0.15, -0.1) is 0 Å². The molecule has 1 aliphatic rings. The SMILES string of the molecule is CCOc1c(I)cc(/C=C2\SC(=O)N(CC(=O)Nc3cccc(C(F)(F)F)c3)C2=O)cc1I. The lowest BCUT2D eigenvalue weighted by Gasteiger charge is -2.13. The maximum atomic E-state index is 12.8. The van der Waals surface area contributed by atoms with E-state index < -0.39 is 35.3 Å². The van der Waals surface area contributed by atoms with Gasteiger partial charge in [-0.2, -0.15) is 13.2 Å². The van der Waals surface area contributed by atoms with E-state index in [1.54, 1.807) is 6.08 Å². The van der Waals surface area contributed by atoms with Gasteiger partial charge in [-0.3, -0.25) is 19.3 Å². The lowest BCUT2D eigenvalue weighted by Crippen LogP contribution is -2.36. The van der Waals surface area contributed by atoms with Gasteiger partial charge in [0.2, 0.25) is 5.91 Å². The average Bonchev–Trinajstić information content (AvgIpc) is 2.97. The Bertz CT molecular complexity index is 1130. The van der Waals surface area contributed by atoms with Crippen LogP contribution in [0.15, 0.2) is 41.3 Å². The lowest BCUT2D eigenvalue weighted by molar-refractivity contribution is -0.137. The Morgan fingerprint density at radius 1 is 1.18 bits per heavy atom. The van der Waals surface area contributed by atoms with E-state index >= 15 is 0 Å². The first-order valence-electron chi connectivity index (χ1n) is 9.34. The number of rotatable bonds is 6. The van der Waals surface area contributed by atoms with E-state index in [4.69, 9.17) is 4.74 Å². The number of alkyl halides is 3. The summed E-state index contributed by atoms with van der Waals surface area (Å²) in [5, 5.41) is 1.65. The summed E-state index contributed by atoms with van der Waals surface area (Å²) < 4.78 is 45.8. The van der Waals surface area contributed by atoms with Crippen LogP contribution in [0.2, 0.25) is 0 Å². The van der Waals surface area contributed by atoms with Crippen LogP contribution in [0, 0.1) is 7.14 Å². The molecule has 174 valence electrons. The van der Waals surface area contributed by atoms with Crippen molar-refractivity contribution < 1.29 is 32.3 Å². The van der Waals surface area contributed by atoms with Crippen molar-refractivity contribution >= 4 is 85.8 Å². The van der Waals surface area contributed by atoms with Crippen LogP contribution in [0.4, 0.5) is 23.7 Å². The quantitative estimate of drug-likeness (QED) is 0.296. The number of ether oxygens (including phenoxy) is 1. The topological polar surface area (TPSA) is 75.7 Å². The Kier molecular flexibility index (Phi) is 8.31. The standard InChI is InChI=1S/C21H15F3I2N2O4S/c1-2-32-18-14(25)6-11(7-15(18)26)8-16-19(30)28(20(31)33-16)10-17(29)27-13-5-3-4-12(9-13)21(22,23)24/h3-9H,2,10H2,1H3,(H,27,29)/b16-8-. The largest absolute Gasteiger partial charge is 0.492 e. The zero-order chi connectivity index (χ0) is 24.3. The molecule has 2 aromatic rings. The highest BCUT2D eigenvalue weighted by atomic mass is 127. The van der Waals surface area contributed by atoms with Crippen LogP contribution in [0.3, 0.4) is 0 Å². The van der Waals surface area contributed by atoms with Crippen molar-refractivity contribution in [2.75, 3.05) is 18.5 Å². The van der Waals surface area contributed by atoms with Gasteiger partial charge in [-0.25, -0.2) is 0 Å². The number of hydrogen-bond acceptors (Lipinski definition) is 5. The molecule has 33 heavy (non-hydrogen) atoms. The van der Waals surface area contributed by atoms with Crippen molar-refractivity contribution in [3.05, 3.63) is 59.6 Å². The monoisotopic (exact) mass is 702 g/mol. The Hall–Kier alpha value is -1.81. The molecule has 1 heterocycles. The summed E-state index contributed by atoms with van der Waals surface area (Å²) in [6, 6.07) is 7.71. The van der Waals surface area contributed by atoms with E-state index in [1.807, 2.05) is 19.1 Å². The van der Waals surface area contributed by atoms with Gasteiger partial charge >= 0.3 is 6.18 Å². The Morgan fingerprint density at radius 2 is 1.85 bits per heavy atom. The van der Waals surface area contributed by atoms with E-state index in [2.05, 4.69) is 50.5 Å². The molecule has 3 rings (SSSR count). The molecule has 0 unspecified atom stereocenters. The van der Waals surface area contributed by atoms with Crippen molar-refractivity contribution in [2.45, 2.75) is 13.1 Å². The number of carbonyl (C=O) groups excluding carboxylic acids is 3. The molecule has 12 heteroatoms. The number of imide groups is 1. The molecule has 0 radical (unpaired) electrons. The van der Waals surface area contributed by atoms with Gasteiger partial charge < -0.3 is 10.1 Å². The van der Waals surface area contributed by atoms with Gasteiger partial charge in [-0.05, 0) is 106 Å². The lowest BCUT2D eigenvalue weighted by atomic mass is 10.2. The highest BCUT2D eigenvalue weighted by molar-refractivity contribution is 14.1. The Balaban J connectivity index is 1.72. The molecule has 3 amide bonds. The molecule has 0 aromatic heterocycles. The number of benzene rings is 2. The molecule has 0 atom stereocenters. The van der Waals surface area contributed by atoms with E-state index in [9.17, 15) is 27.6 Å². The van der Waals surface area contributed by atoms with Crippen LogP contribution < -0.4 is 10.1 Å². The zero-order valence-electron chi connectivity index (χ0n) is 16.8. The number of carbonyl (C=O) groups is 3. The molecule has 0 saturated carbocycles. The number of thioether (sulfide) groups is 1. The van der Waals surface area contributed by atoms with Gasteiger partial charge in [0.05, 0.1) is 24.2 Å². The highest BCUT2D eigenvalue weighted by Crippen LogP contribution is 2.35. The van der Waals surface area contributed by atoms with Gasteiger partial charge in [0.1, 0.15) is 12.3 Å². The van der Waals surface area contributed by atoms with E-state index in [0.29, 0.717) is 23.9 Å². The summed E-state index contributed by atoms with van der Waals surface area (Å²) in [5.74, 6) is -0.707. The minimum Gasteiger partial charge on any atom is -0.492 e. The maximum absolute atomic E-state index is 12.8. The average molecular weight is 702 g/mol. The zero-order valence-corrected chi connectivity index (χ0v) is 22.0. The predicted molar refractivity (Wildman–Crippen MR) is 136 cm³/mol. The number of halogens is 5. The molecule has 2 aromatic carbocycles. The molecule has 1 aliphatic heterocycles. The third-order valence-corrected chi connectivity index (χ3v) is 6.77. The highest BCUT2D eigenvalue weighted by Gasteiger charge is 2.36.